The van der Waals surface area contributed by atoms with Gasteiger partial charge >= 0.3 is 5.97 Å². The summed E-state index contributed by atoms with van der Waals surface area (Å²) in [5.41, 5.74) is 1.52. The summed E-state index contributed by atoms with van der Waals surface area (Å²) in [7, 11) is 0. The molecule has 156 valence electrons. The quantitative estimate of drug-likeness (QED) is 0.309. The van der Waals surface area contributed by atoms with Gasteiger partial charge in [-0.2, -0.15) is 0 Å². The maximum atomic E-state index is 12.3. The number of hydrogen-bond donors (Lipinski definition) is 2. The van der Waals surface area contributed by atoms with Crippen LogP contribution in [0.15, 0.2) is 53.7 Å². The first-order valence-corrected chi connectivity index (χ1v) is 10.5. The van der Waals surface area contributed by atoms with Gasteiger partial charge in [0, 0.05) is 11.3 Å². The second-order valence-corrected chi connectivity index (χ2v) is 7.56. The number of anilines is 1. The molecule has 8 nitrogen and oxygen atoms in total. The molecule has 1 aromatic heterocycles. The Balaban J connectivity index is 1.61. The Kier molecular flexibility index (Phi) is 7.31. The van der Waals surface area contributed by atoms with Crippen LogP contribution >= 0.6 is 23.4 Å². The highest BCUT2D eigenvalue weighted by atomic mass is 35.5. The van der Waals surface area contributed by atoms with E-state index in [0.29, 0.717) is 39.4 Å². The van der Waals surface area contributed by atoms with Gasteiger partial charge in [0.1, 0.15) is 0 Å². The summed E-state index contributed by atoms with van der Waals surface area (Å²) >= 11 is 7.32. The number of nitrogens with zero attached hydrogens (tertiary/aromatic N) is 3. The number of aromatic nitrogens is 3. The molecule has 0 atom stereocenters. The third-order valence-corrected chi connectivity index (χ3v) is 5.20. The lowest BCUT2D eigenvalue weighted by atomic mass is 10.2. The molecule has 0 bridgehead atoms. The first-order chi connectivity index (χ1) is 14.5. The lowest BCUT2D eigenvalue weighted by Gasteiger charge is -2.08. The van der Waals surface area contributed by atoms with Crippen LogP contribution in [0, 0.1) is 0 Å². The van der Waals surface area contributed by atoms with Gasteiger partial charge in [-0.25, -0.2) is 9.47 Å². The van der Waals surface area contributed by atoms with Crippen LogP contribution in [0.1, 0.15) is 23.7 Å². The highest BCUT2D eigenvalue weighted by molar-refractivity contribution is 7.99. The van der Waals surface area contributed by atoms with Crippen molar-refractivity contribution < 1.29 is 14.3 Å². The van der Waals surface area contributed by atoms with Crippen LogP contribution in [0.25, 0.3) is 11.4 Å². The molecule has 0 spiro atoms. The Labute approximate surface area is 182 Å². The SMILES string of the molecule is CCCOC(=O)c1cccc(NC(=O)CSc2nnc(-c3ccccc3Cl)n2N)c1. The summed E-state index contributed by atoms with van der Waals surface area (Å²) in [5, 5.41) is 11.7. The maximum absolute atomic E-state index is 12.3. The van der Waals surface area contributed by atoms with Gasteiger partial charge in [-0.15, -0.1) is 10.2 Å². The van der Waals surface area contributed by atoms with Crippen molar-refractivity contribution in [1.82, 2.24) is 14.9 Å². The van der Waals surface area contributed by atoms with E-state index in [1.54, 1.807) is 36.4 Å². The first-order valence-electron chi connectivity index (χ1n) is 9.14. The lowest BCUT2D eigenvalue weighted by molar-refractivity contribution is -0.113. The normalized spacial score (nSPS) is 10.6. The molecular formula is C20H20ClN5O3S. The third-order valence-electron chi connectivity index (χ3n) is 3.93. The third kappa shape index (κ3) is 5.31. The van der Waals surface area contributed by atoms with Gasteiger partial charge in [0.25, 0.3) is 0 Å². The molecule has 1 amide bonds. The molecule has 0 saturated carbocycles. The molecule has 0 aliphatic rings. The Morgan fingerprint density at radius 2 is 2.00 bits per heavy atom. The molecule has 0 unspecified atom stereocenters. The van der Waals surface area contributed by atoms with E-state index in [9.17, 15) is 9.59 Å². The fourth-order valence-corrected chi connectivity index (χ4v) is 3.41. The zero-order valence-electron chi connectivity index (χ0n) is 16.2. The largest absolute Gasteiger partial charge is 0.462 e. The number of thioether (sulfide) groups is 1. The van der Waals surface area contributed by atoms with E-state index >= 15 is 0 Å². The monoisotopic (exact) mass is 445 g/mol. The predicted molar refractivity (Wildman–Crippen MR) is 117 cm³/mol. The number of esters is 1. The second kappa shape index (κ2) is 10.1. The Bertz CT molecular complexity index is 1060. The zero-order chi connectivity index (χ0) is 21.5. The summed E-state index contributed by atoms with van der Waals surface area (Å²) in [5.74, 6) is 5.83. The average molecular weight is 446 g/mol. The number of halogens is 1. The first kappa shape index (κ1) is 21.7. The number of carbonyl (C=O) groups is 2. The van der Waals surface area contributed by atoms with Gasteiger partial charge in [0.05, 0.1) is 22.9 Å². The number of rotatable bonds is 8. The molecule has 1 heterocycles. The summed E-state index contributed by atoms with van der Waals surface area (Å²) in [6.45, 7) is 2.27. The molecule has 3 aromatic rings. The Morgan fingerprint density at radius 3 is 2.77 bits per heavy atom. The molecule has 2 aromatic carbocycles. The molecule has 0 aliphatic carbocycles. The van der Waals surface area contributed by atoms with Crippen molar-refractivity contribution >= 4 is 40.9 Å². The zero-order valence-corrected chi connectivity index (χ0v) is 17.7. The second-order valence-electron chi connectivity index (χ2n) is 6.21. The predicted octanol–water partition coefficient (Wildman–Crippen LogP) is 3.61. The van der Waals surface area contributed by atoms with Crippen molar-refractivity contribution in [2.45, 2.75) is 18.5 Å². The number of ether oxygens (including phenoxy) is 1. The Hall–Kier alpha value is -3.04. The minimum absolute atomic E-state index is 0.0579. The minimum atomic E-state index is -0.425. The van der Waals surface area contributed by atoms with E-state index in [4.69, 9.17) is 22.2 Å². The van der Waals surface area contributed by atoms with E-state index < -0.39 is 5.97 Å². The minimum Gasteiger partial charge on any atom is -0.462 e. The van der Waals surface area contributed by atoms with Gasteiger partial charge in [-0.1, -0.05) is 48.5 Å². The fourth-order valence-electron chi connectivity index (χ4n) is 2.53. The number of nitrogens with two attached hydrogens (primary N) is 1. The molecule has 10 heteroatoms. The molecule has 3 N–H and O–H groups in total. The van der Waals surface area contributed by atoms with Gasteiger partial charge in [0.15, 0.2) is 5.82 Å². The summed E-state index contributed by atoms with van der Waals surface area (Å²) < 4.78 is 6.40. The molecule has 30 heavy (non-hydrogen) atoms. The van der Waals surface area contributed by atoms with Crippen LogP contribution in [0.3, 0.4) is 0 Å². The van der Waals surface area contributed by atoms with Crippen LogP contribution in [-0.4, -0.2) is 39.1 Å². The number of nitrogens with one attached hydrogen (secondary N) is 1. The van der Waals surface area contributed by atoms with E-state index in [1.807, 2.05) is 19.1 Å². The highest BCUT2D eigenvalue weighted by Gasteiger charge is 2.16. The van der Waals surface area contributed by atoms with Crippen LogP contribution in [-0.2, 0) is 9.53 Å². The fraction of sp³-hybridized carbons (Fsp3) is 0.200. The van der Waals surface area contributed by atoms with Crippen LogP contribution in [0.4, 0.5) is 5.69 Å². The number of nitrogen functional groups attached to an aromatic ring is 1. The van der Waals surface area contributed by atoms with Crippen molar-refractivity contribution in [2.24, 2.45) is 0 Å². The van der Waals surface area contributed by atoms with E-state index in [1.165, 1.54) is 4.68 Å². The molecule has 0 fully saturated rings. The lowest BCUT2D eigenvalue weighted by Crippen LogP contribution is -2.17. The molecule has 0 saturated heterocycles. The van der Waals surface area contributed by atoms with Crippen molar-refractivity contribution in [1.29, 1.82) is 0 Å². The number of benzene rings is 2. The van der Waals surface area contributed by atoms with E-state index in [-0.39, 0.29) is 11.7 Å². The molecule has 0 radical (unpaired) electrons. The Morgan fingerprint density at radius 1 is 1.20 bits per heavy atom. The molecule has 0 aliphatic heterocycles. The highest BCUT2D eigenvalue weighted by Crippen LogP contribution is 2.27. The summed E-state index contributed by atoms with van der Waals surface area (Å²) in [6, 6.07) is 13.7. The van der Waals surface area contributed by atoms with Crippen LogP contribution < -0.4 is 11.2 Å². The molecule has 3 rings (SSSR count). The smallest absolute Gasteiger partial charge is 0.338 e. The van der Waals surface area contributed by atoms with Crippen molar-refractivity contribution in [3.8, 4) is 11.4 Å². The molecular weight excluding hydrogens is 426 g/mol. The van der Waals surface area contributed by atoms with Crippen molar-refractivity contribution in [3.05, 3.63) is 59.1 Å². The van der Waals surface area contributed by atoms with E-state index in [0.717, 1.165) is 18.2 Å². The average Bonchev–Trinajstić information content (AvgIpc) is 3.11. The number of carbonyl (C=O) groups excluding carboxylic acids is 2. The van der Waals surface area contributed by atoms with Crippen molar-refractivity contribution in [3.63, 3.8) is 0 Å². The number of hydrogen-bond acceptors (Lipinski definition) is 7. The maximum Gasteiger partial charge on any atom is 0.338 e. The topological polar surface area (TPSA) is 112 Å². The number of amides is 1. The van der Waals surface area contributed by atoms with Gasteiger partial charge in [-0.05, 0) is 36.8 Å². The van der Waals surface area contributed by atoms with Gasteiger partial charge in [0.2, 0.25) is 11.1 Å². The van der Waals surface area contributed by atoms with Crippen LogP contribution in [0.2, 0.25) is 5.02 Å². The summed E-state index contributed by atoms with van der Waals surface area (Å²) in [4.78, 5) is 24.3. The van der Waals surface area contributed by atoms with Gasteiger partial charge in [-0.3, -0.25) is 4.79 Å². The van der Waals surface area contributed by atoms with Crippen LogP contribution in [0.5, 0.6) is 0 Å². The standard InChI is InChI=1S/C20H20ClN5O3S/c1-2-10-29-19(28)13-6-5-7-14(11-13)23-17(27)12-30-20-25-24-18(26(20)22)15-8-3-4-9-16(15)21/h3-9,11H,2,10,12,22H2,1H3,(H,23,27). The summed E-state index contributed by atoms with van der Waals surface area (Å²) in [6.07, 6.45) is 0.739. The van der Waals surface area contributed by atoms with E-state index in [2.05, 4.69) is 15.5 Å². The van der Waals surface area contributed by atoms with Gasteiger partial charge < -0.3 is 15.9 Å². The van der Waals surface area contributed by atoms with Crippen molar-refractivity contribution in [2.75, 3.05) is 23.5 Å².